The van der Waals surface area contributed by atoms with E-state index in [-0.39, 0.29) is 0 Å². The first-order valence-corrected chi connectivity index (χ1v) is 8.39. The Bertz CT molecular complexity index is 489. The Morgan fingerprint density at radius 1 is 1.26 bits per heavy atom. The van der Waals surface area contributed by atoms with Crippen LogP contribution in [-0.2, 0) is 0 Å². The third-order valence-electron chi connectivity index (χ3n) is 2.88. The average Bonchev–Trinajstić information content (AvgIpc) is 2.86. The second-order valence-corrected chi connectivity index (χ2v) is 6.80. The maximum absolute atomic E-state index is 4.33. The summed E-state index contributed by atoms with van der Waals surface area (Å²) in [5, 5.41) is 5.60. The molecule has 0 radical (unpaired) electrons. The molecule has 0 amide bonds. The fraction of sp³-hybridized carbons (Fsp3) is 0.400. The number of thiazole rings is 1. The van der Waals surface area contributed by atoms with Crippen LogP contribution in [0.2, 0.25) is 0 Å². The molecule has 19 heavy (non-hydrogen) atoms. The van der Waals surface area contributed by atoms with Crippen LogP contribution in [0.4, 0.5) is 0 Å². The van der Waals surface area contributed by atoms with Crippen LogP contribution in [0.1, 0.15) is 29.7 Å². The summed E-state index contributed by atoms with van der Waals surface area (Å²) in [6.07, 6.45) is 1.87. The Balaban J connectivity index is 2.09. The summed E-state index contributed by atoms with van der Waals surface area (Å²) in [7, 11) is 0. The van der Waals surface area contributed by atoms with E-state index in [1.807, 2.05) is 23.3 Å². The minimum absolute atomic E-state index is 0.387. The number of hydrogen-bond donors (Lipinski definition) is 1. The van der Waals surface area contributed by atoms with Crippen LogP contribution < -0.4 is 5.32 Å². The highest BCUT2D eigenvalue weighted by Crippen LogP contribution is 2.27. The van der Waals surface area contributed by atoms with Crippen LogP contribution in [0.25, 0.3) is 0 Å². The van der Waals surface area contributed by atoms with E-state index in [9.17, 15) is 0 Å². The van der Waals surface area contributed by atoms with Crippen molar-refractivity contribution in [1.82, 2.24) is 10.3 Å². The second-order valence-electron chi connectivity index (χ2n) is 4.64. The van der Waals surface area contributed by atoms with Gasteiger partial charge < -0.3 is 5.32 Å². The van der Waals surface area contributed by atoms with Crippen molar-refractivity contribution in [2.75, 3.05) is 12.3 Å². The van der Waals surface area contributed by atoms with Gasteiger partial charge in [0.1, 0.15) is 4.34 Å². The van der Waals surface area contributed by atoms with Gasteiger partial charge in [0.05, 0.1) is 0 Å². The van der Waals surface area contributed by atoms with Gasteiger partial charge in [-0.05, 0) is 26.0 Å². The topological polar surface area (TPSA) is 24.9 Å². The van der Waals surface area contributed by atoms with Crippen LogP contribution in [-0.4, -0.2) is 17.3 Å². The van der Waals surface area contributed by atoms with Gasteiger partial charge in [0.2, 0.25) is 0 Å². The smallest absolute Gasteiger partial charge is 0.149 e. The molecular weight excluding hydrogens is 272 g/mol. The van der Waals surface area contributed by atoms with Gasteiger partial charge in [-0.25, -0.2) is 4.98 Å². The lowest BCUT2D eigenvalue weighted by molar-refractivity contribution is 0.605. The van der Waals surface area contributed by atoms with Crippen molar-refractivity contribution >= 4 is 23.1 Å². The second kappa shape index (κ2) is 7.08. The van der Waals surface area contributed by atoms with Crippen molar-refractivity contribution < 1.29 is 0 Å². The van der Waals surface area contributed by atoms with Gasteiger partial charge in [0.25, 0.3) is 0 Å². The number of rotatable bonds is 6. The minimum atomic E-state index is 0.387. The van der Waals surface area contributed by atoms with E-state index in [2.05, 4.69) is 49.3 Å². The molecular formula is C15H20N2S2. The van der Waals surface area contributed by atoms with Gasteiger partial charge in [-0.15, -0.1) is 11.3 Å². The zero-order valence-electron chi connectivity index (χ0n) is 11.6. The third-order valence-corrected chi connectivity index (χ3v) is 4.94. The molecule has 0 spiro atoms. The predicted octanol–water partition coefficient (Wildman–Crippen LogP) is 4.20. The molecule has 2 aromatic rings. The molecule has 0 aliphatic heterocycles. The molecule has 1 N–H and O–H groups in total. The first kappa shape index (κ1) is 14.6. The Labute approximate surface area is 123 Å². The van der Waals surface area contributed by atoms with E-state index in [1.165, 1.54) is 16.7 Å². The highest BCUT2D eigenvalue weighted by Gasteiger charge is 2.12. The maximum atomic E-state index is 4.33. The number of nitrogens with one attached hydrogen (secondary N) is 1. The molecule has 0 aliphatic rings. The lowest BCUT2D eigenvalue weighted by atomic mass is 10.0. The van der Waals surface area contributed by atoms with E-state index >= 15 is 0 Å². The molecule has 4 heteroatoms. The Morgan fingerprint density at radius 2 is 2.00 bits per heavy atom. The number of hydrogen-bond acceptors (Lipinski definition) is 4. The Hall–Kier alpha value is -0.840. The Kier molecular flexibility index (Phi) is 5.43. The summed E-state index contributed by atoms with van der Waals surface area (Å²) in [5.41, 5.74) is 4.04. The third kappa shape index (κ3) is 4.34. The van der Waals surface area contributed by atoms with Crippen molar-refractivity contribution in [3.05, 3.63) is 46.5 Å². The van der Waals surface area contributed by atoms with Crippen molar-refractivity contribution in [2.24, 2.45) is 0 Å². The lowest BCUT2D eigenvalue weighted by Crippen LogP contribution is -2.23. The fourth-order valence-corrected chi connectivity index (χ4v) is 3.92. The molecule has 1 unspecified atom stereocenters. The summed E-state index contributed by atoms with van der Waals surface area (Å²) in [4.78, 5) is 4.33. The van der Waals surface area contributed by atoms with E-state index in [0.29, 0.717) is 6.04 Å². The molecule has 0 fully saturated rings. The Morgan fingerprint density at radius 3 is 2.58 bits per heavy atom. The average molecular weight is 292 g/mol. The molecule has 0 saturated heterocycles. The lowest BCUT2D eigenvalue weighted by Gasteiger charge is -2.18. The molecule has 2 rings (SSSR count). The number of aromatic nitrogens is 1. The van der Waals surface area contributed by atoms with E-state index < -0.39 is 0 Å². The maximum Gasteiger partial charge on any atom is 0.149 e. The van der Waals surface area contributed by atoms with E-state index in [1.54, 1.807) is 11.3 Å². The van der Waals surface area contributed by atoms with Crippen LogP contribution in [0.5, 0.6) is 0 Å². The highest BCUT2D eigenvalue weighted by molar-refractivity contribution is 8.01. The van der Waals surface area contributed by atoms with Crippen molar-refractivity contribution in [3.63, 3.8) is 0 Å². The minimum Gasteiger partial charge on any atom is -0.309 e. The van der Waals surface area contributed by atoms with Gasteiger partial charge in [-0.2, -0.15) is 0 Å². The number of thioether (sulfide) groups is 1. The molecule has 1 aromatic heterocycles. The first-order chi connectivity index (χ1) is 9.19. The molecule has 0 saturated carbocycles. The SMILES string of the molecule is CCNC(CSc1nccs1)c1cc(C)cc(C)c1. The highest BCUT2D eigenvalue weighted by atomic mass is 32.2. The summed E-state index contributed by atoms with van der Waals surface area (Å²) in [6.45, 7) is 7.46. The summed E-state index contributed by atoms with van der Waals surface area (Å²) < 4.78 is 1.15. The van der Waals surface area contributed by atoms with Crippen LogP contribution in [0, 0.1) is 13.8 Å². The molecule has 1 heterocycles. The van der Waals surface area contributed by atoms with Gasteiger partial charge in [0.15, 0.2) is 0 Å². The van der Waals surface area contributed by atoms with Crippen LogP contribution >= 0.6 is 23.1 Å². The fourth-order valence-electron chi connectivity index (χ4n) is 2.17. The predicted molar refractivity (Wildman–Crippen MR) is 85.2 cm³/mol. The molecule has 0 bridgehead atoms. The van der Waals surface area contributed by atoms with Crippen molar-refractivity contribution in [3.8, 4) is 0 Å². The van der Waals surface area contributed by atoms with E-state index in [4.69, 9.17) is 0 Å². The number of aryl methyl sites for hydroxylation is 2. The van der Waals surface area contributed by atoms with Crippen molar-refractivity contribution in [1.29, 1.82) is 0 Å². The molecule has 2 nitrogen and oxygen atoms in total. The van der Waals surface area contributed by atoms with Gasteiger partial charge in [-0.1, -0.05) is 48.0 Å². The quantitative estimate of drug-likeness (QED) is 0.808. The van der Waals surface area contributed by atoms with Crippen molar-refractivity contribution in [2.45, 2.75) is 31.2 Å². The summed E-state index contributed by atoms with van der Waals surface area (Å²) in [5.74, 6) is 1.02. The van der Waals surface area contributed by atoms with Gasteiger partial charge in [-0.3, -0.25) is 0 Å². The number of benzene rings is 1. The summed E-state index contributed by atoms with van der Waals surface area (Å²) in [6, 6.07) is 7.17. The van der Waals surface area contributed by atoms with Gasteiger partial charge in [0, 0.05) is 23.4 Å². The zero-order chi connectivity index (χ0) is 13.7. The summed E-state index contributed by atoms with van der Waals surface area (Å²) >= 11 is 3.54. The van der Waals surface area contributed by atoms with Crippen LogP contribution in [0.15, 0.2) is 34.1 Å². The zero-order valence-corrected chi connectivity index (χ0v) is 13.3. The van der Waals surface area contributed by atoms with E-state index in [0.717, 1.165) is 16.6 Å². The van der Waals surface area contributed by atoms with Crippen LogP contribution in [0.3, 0.4) is 0 Å². The first-order valence-electron chi connectivity index (χ1n) is 6.53. The molecule has 102 valence electrons. The molecule has 1 atom stereocenters. The largest absolute Gasteiger partial charge is 0.309 e. The normalized spacial score (nSPS) is 12.6. The standard InChI is InChI=1S/C15H20N2S2/c1-4-16-14(10-19-15-17-5-6-18-15)13-8-11(2)7-12(3)9-13/h5-9,14,16H,4,10H2,1-3H3. The molecule has 0 aliphatic carbocycles. The molecule has 1 aromatic carbocycles. The van der Waals surface area contributed by atoms with Gasteiger partial charge >= 0.3 is 0 Å². The monoisotopic (exact) mass is 292 g/mol. The number of nitrogens with zero attached hydrogens (tertiary/aromatic N) is 1.